The van der Waals surface area contributed by atoms with Crippen LogP contribution in [0.15, 0.2) is 91.5 Å². The van der Waals surface area contributed by atoms with E-state index in [0.717, 1.165) is 33.4 Å². The molecule has 0 saturated carbocycles. The quantitative estimate of drug-likeness (QED) is 0.414. The van der Waals surface area contributed by atoms with E-state index < -0.39 is 0 Å². The Labute approximate surface area is 157 Å². The largest absolute Gasteiger partial charge is 0.265 e. The molecule has 0 fully saturated rings. The van der Waals surface area contributed by atoms with Gasteiger partial charge in [0.25, 0.3) is 0 Å². The lowest BCUT2D eigenvalue weighted by Crippen LogP contribution is -1.84. The number of hydrogen-bond donors (Lipinski definition) is 0. The molecule has 0 saturated heterocycles. The van der Waals surface area contributed by atoms with Crippen molar-refractivity contribution in [2.24, 2.45) is 0 Å². The second kappa shape index (κ2) is 7.75. The van der Waals surface area contributed by atoms with E-state index in [1.807, 2.05) is 42.5 Å². The molecule has 27 heavy (non-hydrogen) atoms. The van der Waals surface area contributed by atoms with Crippen molar-refractivity contribution < 1.29 is 4.39 Å². The van der Waals surface area contributed by atoms with Gasteiger partial charge in [-0.1, -0.05) is 36.4 Å². The number of halogens is 1. The van der Waals surface area contributed by atoms with Crippen LogP contribution in [0.4, 0.5) is 4.39 Å². The van der Waals surface area contributed by atoms with Crippen molar-refractivity contribution >= 4 is 12.2 Å². The molecule has 4 aromatic rings. The third-order valence-corrected chi connectivity index (χ3v) is 4.33. The van der Waals surface area contributed by atoms with Crippen LogP contribution >= 0.6 is 0 Å². The van der Waals surface area contributed by atoms with Crippen molar-refractivity contribution in [1.29, 1.82) is 0 Å². The van der Waals surface area contributed by atoms with Crippen LogP contribution in [0.1, 0.15) is 11.1 Å². The van der Waals surface area contributed by atoms with Crippen LogP contribution in [-0.4, -0.2) is 9.97 Å². The van der Waals surface area contributed by atoms with Crippen molar-refractivity contribution in [2.45, 2.75) is 0 Å². The molecule has 0 radical (unpaired) electrons. The minimum absolute atomic E-state index is 0.253. The Balaban J connectivity index is 1.57. The molecule has 0 unspecified atom stereocenters. The first-order chi connectivity index (χ1) is 13.3. The highest BCUT2D eigenvalue weighted by Gasteiger charge is 2.02. The summed E-state index contributed by atoms with van der Waals surface area (Å²) in [6.45, 7) is 0. The summed E-state index contributed by atoms with van der Waals surface area (Å²) in [5.74, 6) is -0.253. The first kappa shape index (κ1) is 16.9. The van der Waals surface area contributed by atoms with E-state index in [1.165, 1.54) is 12.1 Å². The average Bonchev–Trinajstić information content (AvgIpc) is 2.73. The number of aromatic nitrogens is 2. The summed E-state index contributed by atoms with van der Waals surface area (Å²) in [4.78, 5) is 8.05. The smallest absolute Gasteiger partial charge is 0.124 e. The fraction of sp³-hybridized carbons (Fsp3) is 0. The number of nitrogens with zero attached hydrogens (tertiary/aromatic N) is 2. The zero-order valence-corrected chi connectivity index (χ0v) is 14.6. The fourth-order valence-electron chi connectivity index (χ4n) is 2.94. The molecule has 2 aromatic carbocycles. The van der Waals surface area contributed by atoms with Gasteiger partial charge in [0.1, 0.15) is 5.82 Å². The van der Waals surface area contributed by atoms with E-state index >= 15 is 0 Å². The molecule has 130 valence electrons. The molecule has 0 atom stereocenters. The van der Waals surface area contributed by atoms with Gasteiger partial charge in [-0.3, -0.25) is 9.97 Å². The van der Waals surface area contributed by atoms with Crippen LogP contribution < -0.4 is 0 Å². The van der Waals surface area contributed by atoms with Gasteiger partial charge in [-0.25, -0.2) is 4.39 Å². The van der Waals surface area contributed by atoms with E-state index in [2.05, 4.69) is 34.2 Å². The Kier molecular flexibility index (Phi) is 4.84. The SMILES string of the molecule is Fc1cc(/C=C/c2ccc(-c3ccncc3)cc2)cc(-c2ccncc2)c1. The van der Waals surface area contributed by atoms with Crippen LogP contribution in [0.2, 0.25) is 0 Å². The van der Waals surface area contributed by atoms with E-state index in [-0.39, 0.29) is 5.82 Å². The summed E-state index contributed by atoms with van der Waals surface area (Å²) in [6, 6.07) is 21.0. The molecular formula is C24H17FN2. The van der Waals surface area contributed by atoms with Gasteiger partial charge in [0.15, 0.2) is 0 Å². The van der Waals surface area contributed by atoms with E-state index in [0.29, 0.717) is 0 Å². The summed E-state index contributed by atoms with van der Waals surface area (Å²) >= 11 is 0. The van der Waals surface area contributed by atoms with Crippen LogP contribution in [-0.2, 0) is 0 Å². The maximum Gasteiger partial charge on any atom is 0.124 e. The molecule has 2 heterocycles. The van der Waals surface area contributed by atoms with Crippen molar-refractivity contribution in [3.05, 3.63) is 108 Å². The first-order valence-electron chi connectivity index (χ1n) is 8.67. The van der Waals surface area contributed by atoms with Crippen molar-refractivity contribution in [1.82, 2.24) is 9.97 Å². The summed E-state index contributed by atoms with van der Waals surface area (Å²) in [7, 11) is 0. The van der Waals surface area contributed by atoms with Crippen LogP contribution in [0.3, 0.4) is 0 Å². The molecular weight excluding hydrogens is 335 g/mol. The molecule has 0 aliphatic carbocycles. The third-order valence-electron chi connectivity index (χ3n) is 4.33. The predicted molar refractivity (Wildman–Crippen MR) is 108 cm³/mol. The van der Waals surface area contributed by atoms with Gasteiger partial charge in [0.2, 0.25) is 0 Å². The van der Waals surface area contributed by atoms with E-state index in [1.54, 1.807) is 24.8 Å². The molecule has 0 N–H and O–H groups in total. The van der Waals surface area contributed by atoms with Gasteiger partial charge in [0, 0.05) is 24.8 Å². The zero-order valence-electron chi connectivity index (χ0n) is 14.6. The summed E-state index contributed by atoms with van der Waals surface area (Å²) in [6.07, 6.45) is 10.9. The Hall–Kier alpha value is -3.59. The molecule has 2 aromatic heterocycles. The molecule has 3 heteroatoms. The van der Waals surface area contributed by atoms with Crippen molar-refractivity contribution in [3.8, 4) is 22.3 Å². The topological polar surface area (TPSA) is 25.8 Å². The lowest BCUT2D eigenvalue weighted by molar-refractivity contribution is 0.628. The van der Waals surface area contributed by atoms with Gasteiger partial charge in [0.05, 0.1) is 0 Å². The average molecular weight is 352 g/mol. The molecule has 0 amide bonds. The minimum atomic E-state index is -0.253. The first-order valence-corrected chi connectivity index (χ1v) is 8.67. The van der Waals surface area contributed by atoms with Gasteiger partial charge < -0.3 is 0 Å². The fourth-order valence-corrected chi connectivity index (χ4v) is 2.94. The minimum Gasteiger partial charge on any atom is -0.265 e. The van der Waals surface area contributed by atoms with Gasteiger partial charge in [-0.15, -0.1) is 0 Å². The normalized spacial score (nSPS) is 11.0. The van der Waals surface area contributed by atoms with Gasteiger partial charge in [-0.05, 0) is 75.8 Å². The van der Waals surface area contributed by atoms with Crippen LogP contribution in [0.5, 0.6) is 0 Å². The van der Waals surface area contributed by atoms with Crippen LogP contribution in [0.25, 0.3) is 34.4 Å². The number of benzene rings is 2. The Morgan fingerprint density at radius 1 is 0.519 bits per heavy atom. The Morgan fingerprint density at radius 3 is 1.67 bits per heavy atom. The number of rotatable bonds is 4. The summed E-state index contributed by atoms with van der Waals surface area (Å²) < 4.78 is 14.0. The molecule has 4 rings (SSSR count). The second-order valence-corrected chi connectivity index (χ2v) is 6.20. The van der Waals surface area contributed by atoms with Crippen molar-refractivity contribution in [3.63, 3.8) is 0 Å². The van der Waals surface area contributed by atoms with Gasteiger partial charge in [-0.2, -0.15) is 0 Å². The third kappa shape index (κ3) is 4.15. The lowest BCUT2D eigenvalue weighted by atomic mass is 10.0. The van der Waals surface area contributed by atoms with E-state index in [9.17, 15) is 4.39 Å². The number of hydrogen-bond acceptors (Lipinski definition) is 2. The molecule has 2 nitrogen and oxygen atoms in total. The highest BCUT2D eigenvalue weighted by molar-refractivity contribution is 5.75. The molecule has 0 bridgehead atoms. The Bertz CT molecular complexity index is 1060. The standard InChI is InChI=1S/C24H17FN2/c25-24-16-19(15-23(17-24)22-9-13-27-14-10-22)2-1-18-3-5-20(6-4-18)21-7-11-26-12-8-21/h1-17H/b2-1+. The lowest BCUT2D eigenvalue weighted by Gasteiger charge is -2.04. The molecule has 0 spiro atoms. The maximum absolute atomic E-state index is 14.0. The summed E-state index contributed by atoms with van der Waals surface area (Å²) in [5.41, 5.74) is 5.93. The highest BCUT2D eigenvalue weighted by Crippen LogP contribution is 2.23. The van der Waals surface area contributed by atoms with E-state index in [4.69, 9.17) is 0 Å². The zero-order chi connectivity index (χ0) is 18.5. The summed E-state index contributed by atoms with van der Waals surface area (Å²) in [5, 5.41) is 0. The highest BCUT2D eigenvalue weighted by atomic mass is 19.1. The molecule has 0 aliphatic heterocycles. The molecule has 0 aliphatic rings. The second-order valence-electron chi connectivity index (χ2n) is 6.20. The van der Waals surface area contributed by atoms with Crippen molar-refractivity contribution in [2.75, 3.05) is 0 Å². The van der Waals surface area contributed by atoms with Crippen LogP contribution in [0, 0.1) is 5.82 Å². The number of pyridine rings is 2. The monoisotopic (exact) mass is 352 g/mol. The maximum atomic E-state index is 14.0. The predicted octanol–water partition coefficient (Wildman–Crippen LogP) is 6.12. The Morgan fingerprint density at radius 2 is 1.04 bits per heavy atom. The van der Waals surface area contributed by atoms with Gasteiger partial charge >= 0.3 is 0 Å².